The van der Waals surface area contributed by atoms with Crippen LogP contribution < -0.4 is 21.4 Å². The molecular formula is C20H22F2N4O4. The van der Waals surface area contributed by atoms with Gasteiger partial charge in [0.25, 0.3) is 0 Å². The number of carbonyl (C=O) groups excluding carboxylic acids is 1. The monoisotopic (exact) mass is 420 g/mol. The molecule has 2 atom stereocenters. The normalized spacial score (nSPS) is 19.9. The molecule has 0 spiro atoms. The van der Waals surface area contributed by atoms with Crippen molar-refractivity contribution < 1.29 is 23.5 Å². The maximum absolute atomic E-state index is 15.6. The number of carboxylic acids is 1. The van der Waals surface area contributed by atoms with E-state index in [0.29, 0.717) is 19.3 Å². The van der Waals surface area contributed by atoms with E-state index < -0.39 is 29.1 Å². The summed E-state index contributed by atoms with van der Waals surface area (Å²) in [6.07, 6.45) is 1.78. The Morgan fingerprint density at radius 2 is 1.97 bits per heavy atom. The zero-order chi connectivity index (χ0) is 21.7. The van der Waals surface area contributed by atoms with Crippen LogP contribution in [-0.4, -0.2) is 46.7 Å². The lowest BCUT2D eigenvalue weighted by Crippen LogP contribution is -2.45. The van der Waals surface area contributed by atoms with Crippen molar-refractivity contribution in [1.29, 1.82) is 0 Å². The van der Waals surface area contributed by atoms with Crippen LogP contribution in [0.5, 0.6) is 0 Å². The molecule has 2 fully saturated rings. The maximum Gasteiger partial charge on any atom is 0.352 e. The molecule has 30 heavy (non-hydrogen) atoms. The van der Waals surface area contributed by atoms with Gasteiger partial charge < -0.3 is 25.6 Å². The molecule has 1 amide bonds. The van der Waals surface area contributed by atoms with E-state index in [1.54, 1.807) is 6.92 Å². The van der Waals surface area contributed by atoms with Gasteiger partial charge >= 0.3 is 5.97 Å². The van der Waals surface area contributed by atoms with Crippen LogP contribution in [0.2, 0.25) is 0 Å². The van der Waals surface area contributed by atoms with E-state index in [-0.39, 0.29) is 53.4 Å². The standard InChI is InChI=1S/C20H22F2N4O4/c1-9(23)19(28)24-10-4-5-25(8-10)18-13(21)6-12-15(27)7-14(20(29)30)26(11-2-3-11)17(12)16(18)22/h6-7,9-11H,2-5,8,23H2,1H3,(H,24,28)(H,29,30). The lowest BCUT2D eigenvalue weighted by Gasteiger charge is -2.23. The second-order valence-corrected chi connectivity index (χ2v) is 7.95. The van der Waals surface area contributed by atoms with E-state index in [2.05, 4.69) is 5.32 Å². The molecule has 1 aromatic heterocycles. The number of benzene rings is 1. The van der Waals surface area contributed by atoms with Crippen molar-refractivity contribution in [2.45, 2.75) is 44.3 Å². The molecule has 4 N–H and O–H groups in total. The van der Waals surface area contributed by atoms with Crippen molar-refractivity contribution in [2.75, 3.05) is 18.0 Å². The Bertz CT molecular complexity index is 1110. The number of fused-ring (bicyclic) bond motifs is 1. The summed E-state index contributed by atoms with van der Waals surface area (Å²) >= 11 is 0. The van der Waals surface area contributed by atoms with Crippen LogP contribution in [0, 0.1) is 11.6 Å². The van der Waals surface area contributed by atoms with E-state index in [1.165, 1.54) is 9.47 Å². The lowest BCUT2D eigenvalue weighted by atomic mass is 10.1. The van der Waals surface area contributed by atoms with E-state index in [0.717, 1.165) is 12.1 Å². The molecule has 1 aliphatic heterocycles. The number of hydrogen-bond acceptors (Lipinski definition) is 5. The molecular weight excluding hydrogens is 398 g/mol. The Kier molecular flexibility index (Phi) is 4.97. The third kappa shape index (κ3) is 3.41. The number of hydrogen-bond donors (Lipinski definition) is 3. The molecule has 2 heterocycles. The fourth-order valence-corrected chi connectivity index (χ4v) is 3.99. The van der Waals surface area contributed by atoms with E-state index in [1.807, 2.05) is 0 Å². The number of nitrogens with two attached hydrogens (primary N) is 1. The smallest absolute Gasteiger partial charge is 0.352 e. The highest BCUT2D eigenvalue weighted by Crippen LogP contribution is 2.40. The minimum atomic E-state index is -1.34. The second-order valence-electron chi connectivity index (χ2n) is 7.95. The highest BCUT2D eigenvalue weighted by molar-refractivity contribution is 5.92. The fraction of sp³-hybridized carbons (Fsp3) is 0.450. The van der Waals surface area contributed by atoms with Crippen molar-refractivity contribution in [3.8, 4) is 0 Å². The number of pyridine rings is 1. The first kappa shape index (κ1) is 20.3. The molecule has 1 aliphatic carbocycles. The van der Waals surface area contributed by atoms with Gasteiger partial charge in [0.05, 0.1) is 16.9 Å². The van der Waals surface area contributed by atoms with Crippen molar-refractivity contribution in [1.82, 2.24) is 9.88 Å². The van der Waals surface area contributed by atoms with E-state index in [4.69, 9.17) is 5.73 Å². The Balaban J connectivity index is 1.80. The van der Waals surface area contributed by atoms with Crippen molar-refractivity contribution >= 4 is 28.5 Å². The molecule has 1 saturated carbocycles. The minimum absolute atomic E-state index is 0.171. The number of carbonyl (C=O) groups is 2. The van der Waals surface area contributed by atoms with E-state index >= 15 is 4.39 Å². The summed E-state index contributed by atoms with van der Waals surface area (Å²) in [6.45, 7) is 2.00. The van der Waals surface area contributed by atoms with Gasteiger partial charge in [0.1, 0.15) is 17.2 Å². The number of carboxylic acid groups (broad SMARTS) is 1. The molecule has 2 aromatic rings. The van der Waals surface area contributed by atoms with Crippen molar-refractivity contribution in [3.05, 3.63) is 39.7 Å². The number of nitrogens with zero attached hydrogens (tertiary/aromatic N) is 2. The quantitative estimate of drug-likeness (QED) is 0.672. The van der Waals surface area contributed by atoms with Gasteiger partial charge in [-0.15, -0.1) is 0 Å². The third-order valence-corrected chi connectivity index (χ3v) is 5.60. The largest absolute Gasteiger partial charge is 0.477 e. The average Bonchev–Trinajstić information content (AvgIpc) is 3.41. The number of aromatic nitrogens is 1. The van der Waals surface area contributed by atoms with Gasteiger partial charge in [0, 0.05) is 31.2 Å². The van der Waals surface area contributed by atoms with Gasteiger partial charge in [-0.1, -0.05) is 0 Å². The molecule has 2 aliphatic rings. The topological polar surface area (TPSA) is 118 Å². The Labute approximate surface area is 170 Å². The van der Waals surface area contributed by atoms with Gasteiger partial charge in [-0.05, 0) is 32.3 Å². The Hall–Kier alpha value is -3.01. The van der Waals surface area contributed by atoms with Crippen LogP contribution in [-0.2, 0) is 4.79 Å². The van der Waals surface area contributed by atoms with Crippen LogP contribution in [0.3, 0.4) is 0 Å². The fourth-order valence-electron chi connectivity index (χ4n) is 3.99. The van der Waals surface area contributed by atoms with Crippen LogP contribution in [0.4, 0.5) is 14.5 Å². The minimum Gasteiger partial charge on any atom is -0.477 e. The maximum atomic E-state index is 15.6. The number of halogens is 2. The van der Waals surface area contributed by atoms with E-state index in [9.17, 15) is 23.9 Å². The first-order valence-corrected chi connectivity index (χ1v) is 9.80. The first-order valence-electron chi connectivity index (χ1n) is 9.80. The van der Waals surface area contributed by atoms with Gasteiger partial charge in [-0.25, -0.2) is 13.6 Å². The Morgan fingerprint density at radius 1 is 1.27 bits per heavy atom. The molecule has 160 valence electrons. The summed E-state index contributed by atoms with van der Waals surface area (Å²) in [5, 5.41) is 12.1. The van der Waals surface area contributed by atoms with Crippen LogP contribution in [0.15, 0.2) is 16.9 Å². The number of aromatic carboxylic acids is 1. The molecule has 2 unspecified atom stereocenters. The zero-order valence-electron chi connectivity index (χ0n) is 16.3. The summed E-state index contributed by atoms with van der Waals surface area (Å²) in [5.74, 6) is -3.56. The summed E-state index contributed by atoms with van der Waals surface area (Å²) in [4.78, 5) is 37.3. The Morgan fingerprint density at radius 3 is 2.57 bits per heavy atom. The molecule has 10 heteroatoms. The van der Waals surface area contributed by atoms with Gasteiger partial charge in [0.2, 0.25) is 5.91 Å². The zero-order valence-corrected chi connectivity index (χ0v) is 16.3. The van der Waals surface area contributed by atoms with Crippen molar-refractivity contribution in [2.24, 2.45) is 5.73 Å². The third-order valence-electron chi connectivity index (χ3n) is 5.60. The summed E-state index contributed by atoms with van der Waals surface area (Å²) in [7, 11) is 0. The average molecular weight is 420 g/mol. The molecule has 1 saturated heterocycles. The van der Waals surface area contributed by atoms with Crippen molar-refractivity contribution in [3.63, 3.8) is 0 Å². The van der Waals surface area contributed by atoms with Gasteiger partial charge in [-0.2, -0.15) is 0 Å². The van der Waals surface area contributed by atoms with Gasteiger partial charge in [-0.3, -0.25) is 9.59 Å². The highest BCUT2D eigenvalue weighted by Gasteiger charge is 2.34. The summed E-state index contributed by atoms with van der Waals surface area (Å²) in [5.41, 5.74) is 3.98. The predicted octanol–water partition coefficient (Wildman–Crippen LogP) is 1.35. The summed E-state index contributed by atoms with van der Waals surface area (Å²) < 4.78 is 31.8. The number of amides is 1. The molecule has 1 aromatic carbocycles. The number of anilines is 1. The molecule has 8 nitrogen and oxygen atoms in total. The summed E-state index contributed by atoms with van der Waals surface area (Å²) in [6, 6.07) is 0.610. The van der Waals surface area contributed by atoms with Crippen LogP contribution in [0.25, 0.3) is 10.9 Å². The second kappa shape index (κ2) is 7.35. The number of rotatable bonds is 5. The van der Waals surface area contributed by atoms with Crippen LogP contribution >= 0.6 is 0 Å². The first-order chi connectivity index (χ1) is 14.2. The van der Waals surface area contributed by atoms with Crippen LogP contribution in [0.1, 0.15) is 42.7 Å². The molecule has 0 radical (unpaired) electrons. The SMILES string of the molecule is CC(N)C(=O)NC1CCN(c2c(F)cc3c(=O)cc(C(=O)O)n(C4CC4)c3c2F)C1. The molecule has 4 rings (SSSR count). The highest BCUT2D eigenvalue weighted by atomic mass is 19.1. The predicted molar refractivity (Wildman–Crippen MR) is 106 cm³/mol. The molecule has 0 bridgehead atoms. The van der Waals surface area contributed by atoms with Gasteiger partial charge in [0.15, 0.2) is 11.2 Å². The number of nitrogens with one attached hydrogen (secondary N) is 1. The lowest BCUT2D eigenvalue weighted by molar-refractivity contribution is -0.122.